The largest absolute Gasteiger partial charge is 0.264 e. The Bertz CT molecular complexity index is 443. The molecule has 6 heteroatoms. The zero-order valence-electron chi connectivity index (χ0n) is 11.9. The van der Waals surface area contributed by atoms with Gasteiger partial charge < -0.3 is 0 Å². The Morgan fingerprint density at radius 2 is 1.71 bits per heavy atom. The van der Waals surface area contributed by atoms with Gasteiger partial charge in [0, 0.05) is 40.0 Å². The normalized spacial score (nSPS) is 37.8. The third kappa shape index (κ3) is 4.11. The van der Waals surface area contributed by atoms with Gasteiger partial charge in [-0.2, -0.15) is 5.26 Å². The van der Waals surface area contributed by atoms with Crippen molar-refractivity contribution in [2.75, 3.05) is 0 Å². The van der Waals surface area contributed by atoms with Gasteiger partial charge in [0.25, 0.3) is 0 Å². The molecular formula is C15H20Cl2N2O2. The molecule has 0 aliphatic heterocycles. The number of rotatable bonds is 3. The molecule has 0 N–H and O–H groups in total. The number of nitrogens with zero attached hydrogens (tertiary/aromatic N) is 2. The molecule has 0 saturated heterocycles. The first-order chi connectivity index (χ1) is 10.0. The second-order valence-electron chi connectivity index (χ2n) is 6.06. The van der Waals surface area contributed by atoms with Crippen molar-refractivity contribution in [1.82, 2.24) is 0 Å². The first kappa shape index (κ1) is 16.6. The fourth-order valence-electron chi connectivity index (χ4n) is 3.40. The Morgan fingerprint density at radius 3 is 2.19 bits per heavy atom. The number of hydrogen-bond donors (Lipinski definition) is 0. The average Bonchev–Trinajstić information content (AvgIpc) is 2.47. The van der Waals surface area contributed by atoms with Crippen molar-refractivity contribution in [3.8, 4) is 6.07 Å². The molecule has 2 saturated carbocycles. The van der Waals surface area contributed by atoms with E-state index < -0.39 is 6.04 Å². The summed E-state index contributed by atoms with van der Waals surface area (Å²) in [5, 5.41) is 20.2. The molecule has 0 radical (unpaired) electrons. The summed E-state index contributed by atoms with van der Waals surface area (Å²) in [4.78, 5) is 10.6. The molecule has 116 valence electrons. The van der Waals surface area contributed by atoms with Gasteiger partial charge >= 0.3 is 0 Å². The van der Waals surface area contributed by atoms with Crippen molar-refractivity contribution in [1.29, 1.82) is 5.26 Å². The molecule has 2 aliphatic rings. The van der Waals surface area contributed by atoms with Crippen molar-refractivity contribution in [3.05, 3.63) is 21.8 Å². The average molecular weight is 331 g/mol. The molecule has 0 aromatic rings. The van der Waals surface area contributed by atoms with Crippen LogP contribution in [0, 0.1) is 33.3 Å². The van der Waals surface area contributed by atoms with E-state index in [0.717, 1.165) is 24.8 Å². The Labute approximate surface area is 135 Å². The summed E-state index contributed by atoms with van der Waals surface area (Å²) in [6.07, 6.45) is 7.35. The Morgan fingerprint density at radius 1 is 1.14 bits per heavy atom. The predicted molar refractivity (Wildman–Crippen MR) is 83.1 cm³/mol. The number of halogens is 2. The lowest BCUT2D eigenvalue weighted by Crippen LogP contribution is -2.30. The van der Waals surface area contributed by atoms with Crippen LogP contribution in [0.25, 0.3) is 0 Å². The molecule has 0 bridgehead atoms. The maximum absolute atomic E-state index is 10.8. The van der Waals surface area contributed by atoms with Gasteiger partial charge in [0.1, 0.15) is 0 Å². The van der Waals surface area contributed by atoms with Crippen LogP contribution in [0.2, 0.25) is 0 Å². The van der Waals surface area contributed by atoms with Crippen molar-refractivity contribution >= 4 is 23.2 Å². The highest BCUT2D eigenvalue weighted by Gasteiger charge is 2.33. The molecule has 4 nitrogen and oxygen atoms in total. The van der Waals surface area contributed by atoms with Crippen LogP contribution in [-0.2, 0) is 0 Å². The topological polar surface area (TPSA) is 66.9 Å². The van der Waals surface area contributed by atoms with Crippen LogP contribution in [-0.4, -0.2) is 21.7 Å². The molecule has 0 heterocycles. The number of hydrogen-bond acceptors (Lipinski definition) is 3. The monoisotopic (exact) mass is 330 g/mol. The van der Waals surface area contributed by atoms with Crippen LogP contribution in [0.15, 0.2) is 11.6 Å². The minimum absolute atomic E-state index is 0.0142. The van der Waals surface area contributed by atoms with Gasteiger partial charge in [0.05, 0.1) is 6.07 Å². The molecule has 0 spiro atoms. The highest BCUT2D eigenvalue weighted by atomic mass is 35.5. The van der Waals surface area contributed by atoms with Crippen LogP contribution in [0.3, 0.4) is 0 Å². The quantitative estimate of drug-likeness (QED) is 0.335. The molecule has 21 heavy (non-hydrogen) atoms. The fraction of sp³-hybridized carbons (Fsp3) is 0.800. The van der Waals surface area contributed by atoms with Crippen molar-refractivity contribution in [2.45, 2.75) is 61.7 Å². The second kappa shape index (κ2) is 7.47. The smallest absolute Gasteiger partial charge is 0.213 e. The minimum Gasteiger partial charge on any atom is -0.264 e. The summed E-state index contributed by atoms with van der Waals surface area (Å²) in [5.41, 5.74) is 0.722. The summed E-state index contributed by atoms with van der Waals surface area (Å²) in [5.74, 6) is 0.158. The van der Waals surface area contributed by atoms with Gasteiger partial charge in [-0.05, 0) is 31.6 Å². The third-order valence-corrected chi connectivity index (χ3v) is 5.75. The first-order valence-electron chi connectivity index (χ1n) is 7.56. The summed E-state index contributed by atoms with van der Waals surface area (Å²) < 4.78 is 0. The molecule has 2 aliphatic carbocycles. The number of allylic oxidation sites excluding steroid dienone is 2. The van der Waals surface area contributed by atoms with Crippen LogP contribution in [0.1, 0.15) is 44.9 Å². The summed E-state index contributed by atoms with van der Waals surface area (Å²) in [6.45, 7) is 0. The fourth-order valence-corrected chi connectivity index (χ4v) is 4.28. The number of alkyl halides is 2. The lowest BCUT2D eigenvalue weighted by molar-refractivity contribution is -0.526. The zero-order chi connectivity index (χ0) is 15.4. The van der Waals surface area contributed by atoms with Gasteiger partial charge in [-0.25, -0.2) is 0 Å². The van der Waals surface area contributed by atoms with Crippen LogP contribution < -0.4 is 0 Å². The van der Waals surface area contributed by atoms with Crippen LogP contribution in [0.4, 0.5) is 0 Å². The predicted octanol–water partition coefficient (Wildman–Crippen LogP) is 4.29. The molecule has 1 unspecified atom stereocenters. The summed E-state index contributed by atoms with van der Waals surface area (Å²) >= 11 is 12.7. The van der Waals surface area contributed by atoms with E-state index >= 15 is 0 Å². The van der Waals surface area contributed by atoms with E-state index in [9.17, 15) is 15.4 Å². The maximum atomic E-state index is 10.8. The Hall–Kier alpha value is -0.790. The van der Waals surface area contributed by atoms with Crippen LogP contribution in [0.5, 0.6) is 0 Å². The highest BCUT2D eigenvalue weighted by molar-refractivity contribution is 6.24. The SMILES string of the molecule is N#C/C(=C/C1[C@H](Cl)CCC[C@@H]1Cl)C1CCC([N+](=O)[O-])CC1. The van der Waals surface area contributed by atoms with Crippen molar-refractivity contribution < 1.29 is 4.92 Å². The zero-order valence-corrected chi connectivity index (χ0v) is 13.4. The molecule has 0 aromatic carbocycles. The Kier molecular flexibility index (Phi) is 5.89. The molecule has 2 rings (SSSR count). The maximum Gasteiger partial charge on any atom is 0.213 e. The lowest BCUT2D eigenvalue weighted by Gasteiger charge is -2.31. The minimum atomic E-state index is -0.447. The second-order valence-corrected chi connectivity index (χ2v) is 7.19. The van der Waals surface area contributed by atoms with Gasteiger partial charge in [-0.15, -0.1) is 23.2 Å². The van der Waals surface area contributed by atoms with Crippen molar-refractivity contribution in [2.24, 2.45) is 11.8 Å². The van der Waals surface area contributed by atoms with E-state index in [4.69, 9.17) is 23.2 Å². The number of nitro groups is 1. The molecule has 2 fully saturated rings. The van der Waals surface area contributed by atoms with Gasteiger partial charge in [-0.1, -0.05) is 12.5 Å². The van der Waals surface area contributed by atoms with Gasteiger partial charge in [-0.3, -0.25) is 10.1 Å². The third-order valence-electron chi connectivity index (χ3n) is 4.73. The van der Waals surface area contributed by atoms with Crippen LogP contribution >= 0.6 is 23.2 Å². The van der Waals surface area contributed by atoms with E-state index in [-0.39, 0.29) is 27.5 Å². The molecule has 3 atom stereocenters. The van der Waals surface area contributed by atoms with E-state index in [2.05, 4.69) is 6.07 Å². The number of nitriles is 1. The first-order valence-corrected chi connectivity index (χ1v) is 8.43. The standard InChI is InChI=1S/C15H20Cl2N2O2/c16-14-2-1-3-15(17)13(14)8-11(9-18)10-4-6-12(7-5-10)19(20)21/h8,10,12-15H,1-7H2/b11-8-/t10?,12?,13?,14-,15+. The molecular weight excluding hydrogens is 311 g/mol. The lowest BCUT2D eigenvalue weighted by atomic mass is 9.79. The van der Waals surface area contributed by atoms with Gasteiger partial charge in [0.15, 0.2) is 0 Å². The van der Waals surface area contributed by atoms with Crippen molar-refractivity contribution in [3.63, 3.8) is 0 Å². The Balaban J connectivity index is 2.04. The molecule has 0 aromatic heterocycles. The van der Waals surface area contributed by atoms with E-state index in [1.165, 1.54) is 0 Å². The van der Waals surface area contributed by atoms with Gasteiger partial charge in [0.2, 0.25) is 6.04 Å². The summed E-state index contributed by atoms with van der Waals surface area (Å²) in [7, 11) is 0. The molecule has 0 amide bonds. The van der Waals surface area contributed by atoms with E-state index in [1.807, 2.05) is 6.08 Å². The highest BCUT2D eigenvalue weighted by Crippen LogP contribution is 2.37. The van der Waals surface area contributed by atoms with E-state index in [1.54, 1.807) is 0 Å². The summed E-state index contributed by atoms with van der Waals surface area (Å²) in [6, 6.07) is 1.83. The van der Waals surface area contributed by atoms with E-state index in [0.29, 0.717) is 25.7 Å².